The molecule has 0 bridgehead atoms. The Balaban J connectivity index is -0.0000000158. The number of esters is 1. The Labute approximate surface area is 415 Å². The number of hydrogen-bond donors (Lipinski definition) is 10. The van der Waals surface area contributed by atoms with Gasteiger partial charge in [0.25, 0.3) is 18.4 Å². The molecule has 4 unspecified atom stereocenters. The Hall–Kier alpha value is -2.67. The van der Waals surface area contributed by atoms with Crippen LogP contribution >= 0.6 is 0 Å². The van der Waals surface area contributed by atoms with Gasteiger partial charge in [-0.2, -0.15) is 19.6 Å². The van der Waals surface area contributed by atoms with Crippen LogP contribution in [0.5, 0.6) is 0 Å². The van der Waals surface area contributed by atoms with Crippen LogP contribution in [0.25, 0.3) is 0 Å². The van der Waals surface area contributed by atoms with E-state index in [4.69, 9.17) is 76.9 Å². The van der Waals surface area contributed by atoms with Gasteiger partial charge >= 0.3 is 75.7 Å². The van der Waals surface area contributed by atoms with E-state index in [1.807, 2.05) is 13.8 Å². The molecule has 0 aromatic rings. The molecule has 0 aliphatic heterocycles. The van der Waals surface area contributed by atoms with Crippen molar-refractivity contribution >= 4 is 43.3 Å². The Morgan fingerprint density at radius 3 is 0.922 bits per heavy atom. The van der Waals surface area contributed by atoms with Crippen LogP contribution in [-0.2, 0) is 150 Å². The first-order valence-electron chi connectivity index (χ1n) is 13.3. The molecule has 0 aromatic heterocycles. The maximum atomic E-state index is 10.0. The molecule has 0 aliphatic rings. The van der Waals surface area contributed by atoms with Gasteiger partial charge in [-0.05, 0) is 27.7 Å². The number of ether oxygens (including phenoxy) is 4. The van der Waals surface area contributed by atoms with E-state index in [1.165, 1.54) is 20.8 Å². The van der Waals surface area contributed by atoms with Crippen LogP contribution in [0, 0.1) is 39.6 Å². The summed E-state index contributed by atoms with van der Waals surface area (Å²) in [5.74, 6) is -5.23. The zero-order valence-electron chi connectivity index (χ0n) is 38.4. The molecule has 36 heteroatoms. The molecule has 0 heterocycles. The molecule has 32 nitrogen and oxygen atoms in total. The summed E-state index contributed by atoms with van der Waals surface area (Å²) in [6.07, 6.45) is -4.00. The molecule has 398 valence electrons. The van der Waals surface area contributed by atoms with Crippen LogP contribution in [0.4, 0.5) is 0 Å². The fourth-order valence-electron chi connectivity index (χ4n) is 0.502. The zero-order chi connectivity index (χ0) is 47.2. The van der Waals surface area contributed by atoms with Gasteiger partial charge in [-0.15, -0.1) is 0 Å². The SMILES string of the molecule is CC.CC(=O)O.CC(=O)O.CC(OO)OC(=O)C(=O)[O-].CC(OO)OC=O.CC(OO)O[C-]=O.CC(OO)O[C-]=O.CCOO.CCO[O-].CO.O.O=O.OO.[CH3-].[CH3-].[CH3-].[CH3-].[H+].[Mn+2].[Mn+2].[Mn+2].[Mn+2]. The third kappa shape index (κ3) is 341. The van der Waals surface area contributed by atoms with Crippen molar-refractivity contribution in [2.24, 2.45) is 0 Å². The van der Waals surface area contributed by atoms with E-state index in [9.17, 15) is 29.1 Å². The first-order chi connectivity index (χ1) is 25.8. The molecule has 64 heavy (non-hydrogen) atoms. The molecular formula is C28H67Mn4O32+. The standard InChI is InChI=1S/C4H6O6.C3H6O4.2C3H5O4.2C2H6O2.2C2H4O2.C2H6.CH4O.4CH3.4Mn.H2O2.O2.H2O/c1-2(10-8)9-4(7)3(5)6;3*1-3(7-5)6-2-4;2*1-2-4-3;2*1-2(3)4;2*1-2;;;;;;;;;2*1-2;/h2,8H,1H3,(H,5,6);2-3,5H,1H3;2*3,5H,1H3;2*3H,2H2,1H3;2*1H3,(H,3,4);1-2H3;2H,1H3;4*1H3;;;;;1-2H;;1H2/q;;2*-1;;;;;;;4*-1;4*+2;;;/p-1. The van der Waals surface area contributed by atoms with E-state index in [0.29, 0.717) is 6.61 Å². The fourth-order valence-corrected chi connectivity index (χ4v) is 0.502. The van der Waals surface area contributed by atoms with Crippen LogP contribution in [0.1, 0.15) is 70.7 Å². The molecule has 0 saturated heterocycles. The van der Waals surface area contributed by atoms with Gasteiger partial charge in [0, 0.05) is 51.3 Å². The minimum absolute atomic E-state index is 0. The van der Waals surface area contributed by atoms with Crippen molar-refractivity contribution in [3.05, 3.63) is 39.6 Å². The number of rotatable bonds is 13. The van der Waals surface area contributed by atoms with Crippen LogP contribution < -0.4 is 10.4 Å². The van der Waals surface area contributed by atoms with Gasteiger partial charge in [-0.25, -0.2) is 30.7 Å². The monoisotopic (exact) mass is 1140 g/mol. The molecule has 0 aliphatic carbocycles. The van der Waals surface area contributed by atoms with Crippen LogP contribution in [0.15, 0.2) is 0 Å². The topological polar surface area (TPSA) is 526 Å². The Morgan fingerprint density at radius 2 is 0.844 bits per heavy atom. The van der Waals surface area contributed by atoms with Crippen molar-refractivity contribution in [3.63, 3.8) is 0 Å². The Morgan fingerprint density at radius 1 is 0.641 bits per heavy atom. The van der Waals surface area contributed by atoms with Gasteiger partial charge in [0.05, 0.1) is 6.61 Å². The van der Waals surface area contributed by atoms with E-state index in [1.54, 1.807) is 13.8 Å². The maximum absolute atomic E-state index is 10.0. The quantitative estimate of drug-likeness (QED) is 0.0130. The maximum Gasteiger partial charge on any atom is 2.00 e. The summed E-state index contributed by atoms with van der Waals surface area (Å²) in [6.45, 7) is 17.7. The summed E-state index contributed by atoms with van der Waals surface area (Å²) >= 11 is 0. The number of aliphatic hydroxyl groups excluding tert-OH is 1. The second kappa shape index (κ2) is 161. The summed E-state index contributed by atoms with van der Waals surface area (Å²) in [6, 6.07) is 0. The second-order valence-electron chi connectivity index (χ2n) is 5.88. The number of hydrogen-bond acceptors (Lipinski definition) is 29. The van der Waals surface area contributed by atoms with E-state index in [0.717, 1.165) is 40.8 Å². The summed E-state index contributed by atoms with van der Waals surface area (Å²) in [7, 11) is 1.00. The van der Waals surface area contributed by atoms with Gasteiger partial charge < -0.3 is 99.1 Å². The smallest absolute Gasteiger partial charge is 0.723 e. The van der Waals surface area contributed by atoms with Crippen molar-refractivity contribution < 1.29 is 219 Å². The first-order valence-corrected chi connectivity index (χ1v) is 13.3. The van der Waals surface area contributed by atoms with Gasteiger partial charge in [-0.3, -0.25) is 30.2 Å². The van der Waals surface area contributed by atoms with Crippen molar-refractivity contribution in [1.29, 1.82) is 0 Å². The normalized spacial score (nSPS) is 8.19. The summed E-state index contributed by atoms with van der Waals surface area (Å²) in [4.78, 5) is 100. The minimum Gasteiger partial charge on any atom is -0.723 e. The van der Waals surface area contributed by atoms with E-state index < -0.39 is 49.0 Å². The number of aliphatic hydroxyl groups is 1. The largest absolute Gasteiger partial charge is 2.00 e. The van der Waals surface area contributed by atoms with E-state index in [2.05, 4.69) is 48.3 Å². The minimum atomic E-state index is -1.98. The predicted molar refractivity (Wildman–Crippen MR) is 199 cm³/mol. The second-order valence-corrected chi connectivity index (χ2v) is 5.88. The van der Waals surface area contributed by atoms with Gasteiger partial charge in [0.15, 0.2) is 18.5 Å². The van der Waals surface area contributed by atoms with Gasteiger partial charge in [0.1, 0.15) is 0 Å². The average molecular weight is 1140 g/mol. The molecule has 0 fully saturated rings. The zero-order valence-corrected chi connectivity index (χ0v) is 42.1. The number of carbonyl (C=O) groups excluding carboxylic acids is 5. The van der Waals surface area contributed by atoms with Crippen LogP contribution in [0.2, 0.25) is 0 Å². The molecule has 0 saturated carbocycles. The van der Waals surface area contributed by atoms with Crippen LogP contribution in [-0.4, -0.2) is 146 Å². The summed E-state index contributed by atoms with van der Waals surface area (Å²) in [5.41, 5.74) is 0. The van der Waals surface area contributed by atoms with Crippen LogP contribution in [0.3, 0.4) is 0 Å². The molecule has 0 aromatic carbocycles. The van der Waals surface area contributed by atoms with Crippen molar-refractivity contribution in [3.8, 4) is 0 Å². The Bertz CT molecular complexity index is 680. The van der Waals surface area contributed by atoms with Crippen molar-refractivity contribution in [1.82, 2.24) is 0 Å². The first kappa shape index (κ1) is 137. The molecule has 12 N–H and O–H groups in total. The van der Waals surface area contributed by atoms with Crippen molar-refractivity contribution in [2.45, 2.75) is 94.4 Å². The summed E-state index contributed by atoms with van der Waals surface area (Å²) in [5, 5.41) is 90.4. The predicted octanol–water partition coefficient (Wildman–Crippen LogP) is -0.304. The fraction of sp³-hybridized carbons (Fsp3) is 0.607. The summed E-state index contributed by atoms with van der Waals surface area (Å²) < 4.78 is 15.8. The molecule has 0 spiro atoms. The number of carbonyl (C=O) groups is 5. The average Bonchev–Trinajstić information content (AvgIpc) is 3.18. The molecular weight excluding hydrogens is 1070 g/mol. The Kier molecular flexibility index (Phi) is 345. The molecule has 4 atom stereocenters. The molecule has 0 amide bonds. The van der Waals surface area contributed by atoms with Crippen molar-refractivity contribution in [2.75, 3.05) is 20.3 Å². The van der Waals surface area contributed by atoms with E-state index in [-0.39, 0.29) is 118 Å². The number of carboxylic acids is 3. The van der Waals surface area contributed by atoms with Gasteiger partial charge in [0.2, 0.25) is 12.6 Å². The number of carboxylic acid groups (broad SMARTS) is 3. The number of aliphatic carboxylic acids is 3. The third-order valence-electron chi connectivity index (χ3n) is 1.96. The molecule has 0 rings (SSSR count). The van der Waals surface area contributed by atoms with E-state index >= 15 is 0 Å². The third-order valence-corrected chi connectivity index (χ3v) is 1.96. The van der Waals surface area contributed by atoms with Gasteiger partial charge in [-0.1, -0.05) is 26.8 Å². The molecule has 4 radical (unpaired) electrons.